The fourth-order valence-corrected chi connectivity index (χ4v) is 2.02. The molecule has 8 heteroatoms. The van der Waals surface area contributed by atoms with Gasteiger partial charge in [-0.25, -0.2) is 0 Å². The van der Waals surface area contributed by atoms with Gasteiger partial charge in [0.1, 0.15) is 5.92 Å². The van der Waals surface area contributed by atoms with Crippen molar-refractivity contribution >= 4 is 11.8 Å². The summed E-state index contributed by atoms with van der Waals surface area (Å²) in [6.07, 6.45) is -4.11. The number of rotatable bonds is 2. The van der Waals surface area contributed by atoms with Gasteiger partial charge in [0.25, 0.3) is 5.91 Å². The van der Waals surface area contributed by atoms with Crippen molar-refractivity contribution in [3.63, 3.8) is 0 Å². The molecule has 1 aliphatic heterocycles. The van der Waals surface area contributed by atoms with E-state index in [4.69, 9.17) is 5.26 Å². The van der Waals surface area contributed by atoms with E-state index in [9.17, 15) is 22.8 Å². The minimum atomic E-state index is -5.08. The number of hydrogen-bond donors (Lipinski definition) is 2. The topological polar surface area (TPSA) is 82.0 Å². The van der Waals surface area contributed by atoms with E-state index in [-0.39, 0.29) is 5.70 Å². The van der Waals surface area contributed by atoms with Crippen LogP contribution in [0.1, 0.15) is 12.8 Å². The van der Waals surface area contributed by atoms with Crippen LogP contribution in [0.25, 0.3) is 0 Å². The fraction of sp³-hybridized carbons (Fsp3) is 0.545. The van der Waals surface area contributed by atoms with E-state index in [0.29, 0.717) is 12.8 Å². The Labute approximate surface area is 106 Å². The predicted octanol–water partition coefficient (Wildman–Crippen LogP) is 0.597. The van der Waals surface area contributed by atoms with Crippen molar-refractivity contribution in [2.24, 2.45) is 11.8 Å². The maximum Gasteiger partial charge on any atom is 0.422 e. The van der Waals surface area contributed by atoms with Crippen LogP contribution in [0.3, 0.4) is 0 Å². The molecule has 0 bridgehead atoms. The lowest BCUT2D eigenvalue weighted by Crippen LogP contribution is -2.66. The molecule has 2 aliphatic rings. The minimum Gasteiger partial charge on any atom is -0.333 e. The lowest BCUT2D eigenvalue weighted by atomic mass is 9.85. The average molecular weight is 273 g/mol. The van der Waals surface area contributed by atoms with Crippen molar-refractivity contribution in [1.29, 1.82) is 5.26 Å². The highest BCUT2D eigenvalue weighted by atomic mass is 19.4. The zero-order chi connectivity index (χ0) is 14.4. The lowest BCUT2D eigenvalue weighted by molar-refractivity contribution is -0.202. The lowest BCUT2D eigenvalue weighted by Gasteiger charge is -2.32. The van der Waals surface area contributed by atoms with Crippen molar-refractivity contribution in [1.82, 2.24) is 10.6 Å². The SMILES string of the molecule is C=C1NC(=O)[C@@](NC(=O)C2CC2)(C(F)(F)F)[C@H]1C#N. The highest BCUT2D eigenvalue weighted by Gasteiger charge is 2.70. The van der Waals surface area contributed by atoms with Gasteiger partial charge in [-0.3, -0.25) is 9.59 Å². The normalized spacial score (nSPS) is 30.7. The Morgan fingerprint density at radius 3 is 2.53 bits per heavy atom. The molecule has 0 unspecified atom stereocenters. The zero-order valence-electron chi connectivity index (χ0n) is 9.67. The summed E-state index contributed by atoms with van der Waals surface area (Å²) in [5.41, 5.74) is -3.60. The van der Waals surface area contributed by atoms with Crippen molar-refractivity contribution in [3.05, 3.63) is 12.3 Å². The van der Waals surface area contributed by atoms with Crippen LogP contribution in [-0.4, -0.2) is 23.5 Å². The number of carbonyl (C=O) groups is 2. The molecule has 0 aromatic heterocycles. The van der Waals surface area contributed by atoms with Gasteiger partial charge in [-0.1, -0.05) is 6.58 Å². The third-order valence-electron chi connectivity index (χ3n) is 3.26. The molecule has 5 nitrogen and oxygen atoms in total. The second-order valence-corrected chi connectivity index (χ2v) is 4.61. The molecule has 2 N–H and O–H groups in total. The van der Waals surface area contributed by atoms with Gasteiger partial charge in [-0.2, -0.15) is 18.4 Å². The molecule has 2 atom stereocenters. The summed E-state index contributed by atoms with van der Waals surface area (Å²) in [6.45, 7) is 3.23. The van der Waals surface area contributed by atoms with Crippen molar-refractivity contribution < 1.29 is 22.8 Å². The maximum atomic E-state index is 13.3. The zero-order valence-corrected chi connectivity index (χ0v) is 9.67. The summed E-state index contributed by atoms with van der Waals surface area (Å²) in [6, 6.07) is 1.39. The van der Waals surface area contributed by atoms with Gasteiger partial charge < -0.3 is 10.6 Å². The second-order valence-electron chi connectivity index (χ2n) is 4.61. The van der Waals surface area contributed by atoms with Crippen molar-refractivity contribution in [2.75, 3.05) is 0 Å². The van der Waals surface area contributed by atoms with Crippen LogP contribution in [0.4, 0.5) is 13.2 Å². The largest absolute Gasteiger partial charge is 0.422 e. The molecular formula is C11H10F3N3O2. The number of nitrogens with one attached hydrogen (secondary N) is 2. The van der Waals surface area contributed by atoms with Crippen LogP contribution in [0, 0.1) is 23.2 Å². The molecule has 0 spiro atoms. The summed E-state index contributed by atoms with van der Waals surface area (Å²) >= 11 is 0. The first-order chi connectivity index (χ1) is 8.74. The minimum absolute atomic E-state index is 0.360. The molecule has 2 amide bonds. The second kappa shape index (κ2) is 3.98. The number of alkyl halides is 3. The number of nitrogens with zero attached hydrogens (tertiary/aromatic N) is 1. The van der Waals surface area contributed by atoms with Gasteiger partial charge >= 0.3 is 6.18 Å². The van der Waals surface area contributed by atoms with E-state index in [0.717, 1.165) is 0 Å². The van der Waals surface area contributed by atoms with Crippen LogP contribution >= 0.6 is 0 Å². The predicted molar refractivity (Wildman–Crippen MR) is 56.0 cm³/mol. The van der Waals surface area contributed by atoms with E-state index < -0.39 is 35.4 Å². The fourth-order valence-electron chi connectivity index (χ4n) is 2.02. The van der Waals surface area contributed by atoms with Crippen molar-refractivity contribution in [3.8, 4) is 6.07 Å². The van der Waals surface area contributed by atoms with E-state index in [1.54, 1.807) is 5.32 Å². The standard InChI is InChI=1S/C11H10F3N3O2/c1-5-7(4-15)10(9(19)16-5,11(12,13)14)17-8(18)6-2-3-6/h6-7H,1-3H2,(H,16,19)(H,17,18)/t7-,10+/m0/s1. The molecule has 1 aliphatic carbocycles. The Balaban J connectivity index is 2.44. The van der Waals surface area contributed by atoms with Crippen molar-refractivity contribution in [2.45, 2.75) is 24.6 Å². The van der Waals surface area contributed by atoms with Crippen LogP contribution in [0.15, 0.2) is 12.3 Å². The highest BCUT2D eigenvalue weighted by molar-refractivity contribution is 5.98. The maximum absolute atomic E-state index is 13.3. The molecule has 1 saturated carbocycles. The molecule has 19 heavy (non-hydrogen) atoms. The molecule has 0 aromatic rings. The average Bonchev–Trinajstić information content (AvgIpc) is 3.06. The Kier molecular flexibility index (Phi) is 2.81. The first-order valence-corrected chi connectivity index (χ1v) is 5.52. The van der Waals surface area contributed by atoms with Gasteiger partial charge in [-0.05, 0) is 12.8 Å². The highest BCUT2D eigenvalue weighted by Crippen LogP contribution is 2.43. The van der Waals surface area contributed by atoms with E-state index in [1.165, 1.54) is 6.07 Å². The van der Waals surface area contributed by atoms with E-state index in [1.807, 2.05) is 5.32 Å². The van der Waals surface area contributed by atoms with Gasteiger partial charge in [0.2, 0.25) is 11.4 Å². The molecule has 1 saturated heterocycles. The molecular weight excluding hydrogens is 263 g/mol. The molecule has 102 valence electrons. The van der Waals surface area contributed by atoms with E-state index >= 15 is 0 Å². The van der Waals surface area contributed by atoms with Gasteiger partial charge in [0.05, 0.1) is 6.07 Å². The Bertz CT molecular complexity index is 504. The summed E-state index contributed by atoms with van der Waals surface area (Å²) < 4.78 is 39.8. The van der Waals surface area contributed by atoms with Crippen LogP contribution in [-0.2, 0) is 9.59 Å². The smallest absolute Gasteiger partial charge is 0.333 e. The number of amides is 2. The molecule has 0 radical (unpaired) electrons. The van der Waals surface area contributed by atoms with Gasteiger partial charge in [0, 0.05) is 11.6 Å². The number of halogens is 3. The van der Waals surface area contributed by atoms with Crippen LogP contribution in [0.5, 0.6) is 0 Å². The van der Waals surface area contributed by atoms with Crippen LogP contribution in [0.2, 0.25) is 0 Å². The molecule has 1 heterocycles. The molecule has 2 fully saturated rings. The number of nitriles is 1. The summed E-state index contributed by atoms with van der Waals surface area (Å²) in [7, 11) is 0. The monoisotopic (exact) mass is 273 g/mol. The van der Waals surface area contributed by atoms with Crippen LogP contribution < -0.4 is 10.6 Å². The summed E-state index contributed by atoms with van der Waals surface area (Å²) in [5, 5.41) is 12.5. The molecule has 0 aromatic carbocycles. The first-order valence-electron chi connectivity index (χ1n) is 5.52. The Morgan fingerprint density at radius 2 is 2.11 bits per heavy atom. The Morgan fingerprint density at radius 1 is 1.53 bits per heavy atom. The van der Waals surface area contributed by atoms with E-state index in [2.05, 4.69) is 6.58 Å². The van der Waals surface area contributed by atoms with Gasteiger partial charge in [-0.15, -0.1) is 0 Å². The quantitative estimate of drug-likeness (QED) is 0.772. The van der Waals surface area contributed by atoms with Gasteiger partial charge in [0.15, 0.2) is 0 Å². The third kappa shape index (κ3) is 1.85. The summed E-state index contributed by atoms with van der Waals surface area (Å²) in [4.78, 5) is 23.2. The summed E-state index contributed by atoms with van der Waals surface area (Å²) in [5.74, 6) is -4.71. The third-order valence-corrected chi connectivity index (χ3v) is 3.26. The first kappa shape index (κ1) is 13.4. The molecule has 2 rings (SSSR count). The number of carbonyl (C=O) groups excluding carboxylic acids is 2. The Hall–Kier alpha value is -2.04. The number of hydrogen-bond acceptors (Lipinski definition) is 3.